The maximum Gasteiger partial charge on any atom is 0.345 e. The topological polar surface area (TPSA) is 54.0 Å². The predicted molar refractivity (Wildman–Crippen MR) is 96.0 cm³/mol. The number of rotatable bonds is 3. The molecule has 0 saturated carbocycles. The van der Waals surface area contributed by atoms with Crippen molar-refractivity contribution in [3.05, 3.63) is 47.4 Å². The van der Waals surface area contributed by atoms with Crippen LogP contribution in [0.5, 0.6) is 0 Å². The summed E-state index contributed by atoms with van der Waals surface area (Å²) in [5.41, 5.74) is 1.45. The highest BCUT2D eigenvalue weighted by Crippen LogP contribution is 2.47. The predicted octanol–water partition coefficient (Wildman–Crippen LogP) is 4.28. The second-order valence-electron chi connectivity index (χ2n) is 8.21. The lowest BCUT2D eigenvalue weighted by molar-refractivity contribution is -0.269. The van der Waals surface area contributed by atoms with Gasteiger partial charge in [0.05, 0.1) is 0 Å². The van der Waals surface area contributed by atoms with Gasteiger partial charge in [-0.1, -0.05) is 30.3 Å². The van der Waals surface area contributed by atoms with Gasteiger partial charge in [0.15, 0.2) is 8.32 Å². The molecule has 0 fully saturated rings. The second-order valence-corrected chi connectivity index (χ2v) is 12.6. The van der Waals surface area contributed by atoms with E-state index in [1.807, 2.05) is 37.3 Å². The van der Waals surface area contributed by atoms with Crippen molar-refractivity contribution in [3.8, 4) is 0 Å². The Balaban J connectivity index is 2.07. The molecule has 0 aromatic heterocycles. The molecule has 2 aliphatic heterocycles. The molecule has 2 atom stereocenters. The molecule has 0 radical (unpaired) electrons. The van der Waals surface area contributed by atoms with E-state index in [0.29, 0.717) is 12.0 Å². The van der Waals surface area contributed by atoms with Crippen LogP contribution in [0.1, 0.15) is 38.7 Å². The van der Waals surface area contributed by atoms with E-state index < -0.39 is 25.9 Å². The summed E-state index contributed by atoms with van der Waals surface area (Å²) >= 11 is 0. The Morgan fingerprint density at radius 2 is 1.68 bits per heavy atom. The number of hydrogen-bond acceptors (Lipinski definition) is 5. The van der Waals surface area contributed by atoms with Crippen LogP contribution < -0.4 is 0 Å². The number of carbonyl (C=O) groups is 1. The lowest BCUT2D eigenvalue weighted by Crippen LogP contribution is -2.50. The first-order chi connectivity index (χ1) is 11.5. The highest BCUT2D eigenvalue weighted by molar-refractivity contribution is 6.69. The first-order valence-electron chi connectivity index (χ1n) is 8.59. The minimum Gasteiger partial charge on any atom is -0.434 e. The average Bonchev–Trinajstić information content (AvgIpc) is 2.42. The molecule has 0 aliphatic carbocycles. The zero-order chi connectivity index (χ0) is 18.5. The van der Waals surface area contributed by atoms with E-state index in [9.17, 15) is 4.79 Å². The first kappa shape index (κ1) is 18.0. The third-order valence-electron chi connectivity index (χ3n) is 4.07. The number of benzene rings is 1. The van der Waals surface area contributed by atoms with E-state index in [0.717, 1.165) is 5.56 Å². The molecule has 0 saturated heterocycles. The number of hydrogen-bond donors (Lipinski definition) is 0. The van der Waals surface area contributed by atoms with Crippen LogP contribution in [0.3, 0.4) is 0 Å². The molecule has 25 heavy (non-hydrogen) atoms. The normalized spacial score (nSPS) is 28.6. The SMILES string of the molecule is CC1(C)OC(=O)C2=C(O1)OC(C)(O[Si](C)(C)C)CC2c1ccccc1. The maximum absolute atomic E-state index is 12.7. The molecular formula is C19H26O5Si. The molecule has 136 valence electrons. The summed E-state index contributed by atoms with van der Waals surface area (Å²) in [7, 11) is -1.88. The molecule has 1 aromatic rings. The lowest BCUT2D eigenvalue weighted by Gasteiger charge is -2.46. The van der Waals surface area contributed by atoms with Crippen LogP contribution in [-0.4, -0.2) is 25.9 Å². The molecule has 2 aliphatic rings. The van der Waals surface area contributed by atoms with Crippen LogP contribution in [0.25, 0.3) is 0 Å². The van der Waals surface area contributed by atoms with Crippen molar-refractivity contribution in [1.29, 1.82) is 0 Å². The minimum atomic E-state index is -1.88. The van der Waals surface area contributed by atoms with Gasteiger partial charge in [-0.15, -0.1) is 0 Å². The highest BCUT2D eigenvalue weighted by Gasteiger charge is 2.50. The monoisotopic (exact) mass is 362 g/mol. The van der Waals surface area contributed by atoms with Gasteiger partial charge in [0.2, 0.25) is 5.79 Å². The van der Waals surface area contributed by atoms with Crippen molar-refractivity contribution in [2.45, 2.75) is 64.3 Å². The van der Waals surface area contributed by atoms with Gasteiger partial charge in [0, 0.05) is 33.1 Å². The molecule has 0 bridgehead atoms. The molecule has 6 heteroatoms. The van der Waals surface area contributed by atoms with Crippen molar-refractivity contribution in [2.75, 3.05) is 0 Å². The fourth-order valence-electron chi connectivity index (χ4n) is 3.41. The Bertz CT molecular complexity index is 704. The Kier molecular flexibility index (Phi) is 4.24. The second kappa shape index (κ2) is 5.88. The summed E-state index contributed by atoms with van der Waals surface area (Å²) in [6.07, 6.45) is 0.527. The van der Waals surface area contributed by atoms with Crippen LogP contribution in [-0.2, 0) is 23.4 Å². The smallest absolute Gasteiger partial charge is 0.345 e. The summed E-state index contributed by atoms with van der Waals surface area (Å²) in [6.45, 7) is 11.7. The Morgan fingerprint density at radius 3 is 2.28 bits per heavy atom. The largest absolute Gasteiger partial charge is 0.434 e. The fraction of sp³-hybridized carbons (Fsp3) is 0.526. The Morgan fingerprint density at radius 1 is 1.04 bits per heavy atom. The van der Waals surface area contributed by atoms with Gasteiger partial charge in [-0.05, 0) is 25.2 Å². The van der Waals surface area contributed by atoms with E-state index in [2.05, 4.69) is 19.6 Å². The van der Waals surface area contributed by atoms with Gasteiger partial charge in [-0.2, -0.15) is 0 Å². The molecular weight excluding hydrogens is 336 g/mol. The minimum absolute atomic E-state index is 0.199. The van der Waals surface area contributed by atoms with Crippen molar-refractivity contribution < 1.29 is 23.4 Å². The highest BCUT2D eigenvalue weighted by atomic mass is 28.4. The first-order valence-corrected chi connectivity index (χ1v) is 12.0. The van der Waals surface area contributed by atoms with Crippen molar-refractivity contribution in [3.63, 3.8) is 0 Å². The molecule has 5 nitrogen and oxygen atoms in total. The van der Waals surface area contributed by atoms with Crippen LogP contribution >= 0.6 is 0 Å². The van der Waals surface area contributed by atoms with Gasteiger partial charge >= 0.3 is 5.97 Å². The van der Waals surface area contributed by atoms with Crippen LogP contribution in [0.15, 0.2) is 41.9 Å². The van der Waals surface area contributed by atoms with Crippen molar-refractivity contribution in [1.82, 2.24) is 0 Å². The van der Waals surface area contributed by atoms with Crippen LogP contribution in [0.4, 0.5) is 0 Å². The Hall–Kier alpha value is -1.79. The number of carbonyl (C=O) groups excluding carboxylic acids is 1. The zero-order valence-corrected chi connectivity index (χ0v) is 16.7. The number of ether oxygens (including phenoxy) is 3. The van der Waals surface area contributed by atoms with Gasteiger partial charge in [-0.3, -0.25) is 0 Å². The van der Waals surface area contributed by atoms with Gasteiger partial charge < -0.3 is 18.6 Å². The van der Waals surface area contributed by atoms with E-state index in [-0.39, 0.29) is 11.9 Å². The zero-order valence-electron chi connectivity index (χ0n) is 15.7. The summed E-state index contributed by atoms with van der Waals surface area (Å²) in [4.78, 5) is 12.7. The number of esters is 1. The van der Waals surface area contributed by atoms with Gasteiger partial charge in [0.25, 0.3) is 11.7 Å². The fourth-order valence-corrected chi connectivity index (χ4v) is 4.83. The van der Waals surface area contributed by atoms with Crippen molar-refractivity contribution >= 4 is 14.3 Å². The average molecular weight is 362 g/mol. The van der Waals surface area contributed by atoms with Crippen LogP contribution in [0, 0.1) is 0 Å². The van der Waals surface area contributed by atoms with E-state index in [1.165, 1.54) is 0 Å². The quantitative estimate of drug-likeness (QED) is 0.593. The molecule has 2 unspecified atom stereocenters. The molecule has 2 heterocycles. The van der Waals surface area contributed by atoms with Gasteiger partial charge in [-0.25, -0.2) is 4.79 Å². The lowest BCUT2D eigenvalue weighted by atomic mass is 9.84. The summed E-state index contributed by atoms with van der Waals surface area (Å²) in [6, 6.07) is 9.88. The summed E-state index contributed by atoms with van der Waals surface area (Å²) in [5, 5.41) is 0. The van der Waals surface area contributed by atoms with Crippen molar-refractivity contribution in [2.24, 2.45) is 0 Å². The molecule has 0 spiro atoms. The molecule has 0 amide bonds. The molecule has 3 rings (SSSR count). The third-order valence-corrected chi connectivity index (χ3v) is 5.12. The maximum atomic E-state index is 12.7. The third kappa shape index (κ3) is 3.90. The molecule has 1 aromatic carbocycles. The molecule has 0 N–H and O–H groups in total. The standard InChI is InChI=1S/C19H26O5Si/c1-18(2)21-16(20)15-14(13-10-8-7-9-11-13)12-19(3,23-17(15)22-18)24-25(4,5)6/h7-11,14H,12H2,1-6H3. The summed E-state index contributed by atoms with van der Waals surface area (Å²) < 4.78 is 23.7. The Labute approximate surface area is 150 Å². The van der Waals surface area contributed by atoms with E-state index >= 15 is 0 Å². The number of cyclic esters (lactones) is 1. The summed E-state index contributed by atoms with van der Waals surface area (Å²) in [5.74, 6) is -2.28. The van der Waals surface area contributed by atoms with Crippen LogP contribution in [0.2, 0.25) is 19.6 Å². The van der Waals surface area contributed by atoms with E-state index in [1.54, 1.807) is 13.8 Å². The van der Waals surface area contributed by atoms with E-state index in [4.69, 9.17) is 18.6 Å². The van der Waals surface area contributed by atoms with Gasteiger partial charge in [0.1, 0.15) is 5.57 Å².